The molecule has 0 unspecified atom stereocenters. The average Bonchev–Trinajstić information content (AvgIpc) is 2.60. The van der Waals surface area contributed by atoms with E-state index in [0.29, 0.717) is 9.21 Å². The summed E-state index contributed by atoms with van der Waals surface area (Å²) in [5.41, 5.74) is 0. The van der Waals surface area contributed by atoms with Crippen molar-refractivity contribution >= 4 is 34.8 Å². The zero-order chi connectivity index (χ0) is 13.9. The lowest BCUT2D eigenvalue weighted by Crippen LogP contribution is -2.43. The summed E-state index contributed by atoms with van der Waals surface area (Å²) in [4.78, 5) is 22.1. The van der Waals surface area contributed by atoms with Gasteiger partial charge in [-0.15, -0.1) is 11.3 Å². The van der Waals surface area contributed by atoms with E-state index in [0.717, 1.165) is 11.3 Å². The number of halogens is 4. The molecule has 1 rings (SSSR count). The van der Waals surface area contributed by atoms with Crippen molar-refractivity contribution in [1.82, 2.24) is 4.90 Å². The monoisotopic (exact) mass is 301 g/mol. The predicted octanol–water partition coefficient (Wildman–Crippen LogP) is 2.38. The first-order valence-corrected chi connectivity index (χ1v) is 5.71. The lowest BCUT2D eigenvalue weighted by Gasteiger charge is -2.21. The van der Waals surface area contributed by atoms with Crippen LogP contribution in [0.2, 0.25) is 4.34 Å². The fraction of sp³-hybridized carbons (Fsp3) is 0.333. The molecular weight excluding hydrogens is 295 g/mol. The molecule has 0 aliphatic rings. The van der Waals surface area contributed by atoms with Crippen LogP contribution in [0.15, 0.2) is 12.1 Å². The molecule has 1 amide bonds. The summed E-state index contributed by atoms with van der Waals surface area (Å²) in [6.07, 6.45) is -5.10. The van der Waals surface area contributed by atoms with E-state index in [1.54, 1.807) is 0 Å². The second-order valence-corrected chi connectivity index (χ2v) is 5.06. The van der Waals surface area contributed by atoms with Gasteiger partial charge in [0.05, 0.1) is 10.9 Å². The number of thiophene rings is 1. The molecule has 0 saturated carbocycles. The highest BCUT2D eigenvalue weighted by atomic mass is 35.5. The lowest BCUT2D eigenvalue weighted by molar-refractivity contribution is -0.187. The Labute approximate surface area is 109 Å². The Hall–Kier alpha value is -1.28. The van der Waals surface area contributed by atoms with Crippen LogP contribution in [-0.4, -0.2) is 34.6 Å². The fourth-order valence-corrected chi connectivity index (χ4v) is 2.27. The molecule has 0 radical (unpaired) electrons. The van der Waals surface area contributed by atoms with E-state index in [-0.39, 0.29) is 4.90 Å². The summed E-state index contributed by atoms with van der Waals surface area (Å²) in [6, 6.07) is 2.89. The Bertz CT molecular complexity index is 460. The van der Waals surface area contributed by atoms with Gasteiger partial charge in [-0.05, 0) is 12.1 Å². The van der Waals surface area contributed by atoms with Crippen molar-refractivity contribution in [2.24, 2.45) is 0 Å². The molecule has 0 aromatic carbocycles. The molecule has 0 bridgehead atoms. The van der Waals surface area contributed by atoms with Crippen LogP contribution in [0.25, 0.3) is 0 Å². The van der Waals surface area contributed by atoms with Crippen LogP contribution < -0.4 is 0 Å². The van der Waals surface area contributed by atoms with Gasteiger partial charge in [-0.25, -0.2) is 0 Å². The number of rotatable bonds is 4. The van der Waals surface area contributed by atoms with Gasteiger partial charge in [0.2, 0.25) is 0 Å². The number of nitrogens with zero attached hydrogens (tertiary/aromatic N) is 1. The zero-order valence-electron chi connectivity index (χ0n) is 8.70. The Morgan fingerprint density at radius 2 is 2.00 bits per heavy atom. The summed E-state index contributed by atoms with van der Waals surface area (Å²) >= 11 is 6.58. The van der Waals surface area contributed by atoms with E-state index < -0.39 is 31.1 Å². The first kappa shape index (κ1) is 14.8. The molecule has 1 aromatic rings. The molecule has 9 heteroatoms. The van der Waals surface area contributed by atoms with Gasteiger partial charge < -0.3 is 10.0 Å². The molecule has 100 valence electrons. The van der Waals surface area contributed by atoms with E-state index in [4.69, 9.17) is 16.7 Å². The van der Waals surface area contributed by atoms with Crippen molar-refractivity contribution in [1.29, 1.82) is 0 Å². The van der Waals surface area contributed by atoms with E-state index in [2.05, 4.69) is 0 Å². The molecule has 0 spiro atoms. The van der Waals surface area contributed by atoms with Gasteiger partial charge in [0.15, 0.2) is 0 Å². The molecule has 0 fully saturated rings. The van der Waals surface area contributed by atoms with Crippen molar-refractivity contribution in [2.75, 3.05) is 6.54 Å². The highest BCUT2D eigenvalue weighted by Gasteiger charge is 2.43. The van der Waals surface area contributed by atoms with Gasteiger partial charge in [-0.3, -0.25) is 9.59 Å². The standard InChI is InChI=1S/C9H7ClF3NO3S/c10-6-2-1-5(18-6)3-14(4-7(15)16)8(17)9(11,12)13/h1-2H,3-4H2,(H,15,16). The molecule has 4 nitrogen and oxygen atoms in total. The normalized spacial score (nSPS) is 11.3. The van der Waals surface area contributed by atoms with Crippen molar-refractivity contribution < 1.29 is 27.9 Å². The quantitative estimate of drug-likeness (QED) is 0.929. The van der Waals surface area contributed by atoms with Gasteiger partial charge in [0, 0.05) is 4.88 Å². The number of hydrogen-bond acceptors (Lipinski definition) is 3. The van der Waals surface area contributed by atoms with Gasteiger partial charge >= 0.3 is 18.1 Å². The summed E-state index contributed by atoms with van der Waals surface area (Å²) in [5.74, 6) is -3.70. The van der Waals surface area contributed by atoms with Crippen molar-refractivity contribution in [3.8, 4) is 0 Å². The van der Waals surface area contributed by atoms with Gasteiger partial charge in [-0.2, -0.15) is 13.2 Å². The number of carbonyl (C=O) groups is 2. The Morgan fingerprint density at radius 1 is 1.39 bits per heavy atom. The molecule has 0 saturated heterocycles. The van der Waals surface area contributed by atoms with Crippen LogP contribution in [0.1, 0.15) is 4.88 Å². The van der Waals surface area contributed by atoms with E-state index in [1.807, 2.05) is 0 Å². The Kier molecular flexibility index (Phi) is 4.58. The predicted molar refractivity (Wildman–Crippen MR) is 58.4 cm³/mol. The highest BCUT2D eigenvalue weighted by Crippen LogP contribution is 2.25. The number of carboxylic acid groups (broad SMARTS) is 1. The third kappa shape index (κ3) is 4.19. The smallest absolute Gasteiger partial charge is 0.471 e. The number of amides is 1. The van der Waals surface area contributed by atoms with Crippen LogP contribution in [0.5, 0.6) is 0 Å². The minimum atomic E-state index is -5.10. The van der Waals surface area contributed by atoms with Crippen molar-refractivity contribution in [3.05, 3.63) is 21.3 Å². The number of carboxylic acids is 1. The summed E-state index contributed by atoms with van der Waals surface area (Å²) in [7, 11) is 0. The number of aliphatic carboxylic acids is 1. The lowest BCUT2D eigenvalue weighted by atomic mass is 10.3. The van der Waals surface area contributed by atoms with Gasteiger partial charge in [0.25, 0.3) is 0 Å². The molecule has 0 aliphatic heterocycles. The molecule has 1 heterocycles. The summed E-state index contributed by atoms with van der Waals surface area (Å²) < 4.78 is 37.1. The fourth-order valence-electron chi connectivity index (χ4n) is 1.17. The maximum atomic E-state index is 12.3. The highest BCUT2D eigenvalue weighted by molar-refractivity contribution is 7.16. The molecule has 0 atom stereocenters. The minimum absolute atomic E-state index is 0.213. The molecular formula is C9H7ClF3NO3S. The van der Waals surface area contributed by atoms with E-state index >= 15 is 0 Å². The van der Waals surface area contributed by atoms with Crippen LogP contribution in [0.4, 0.5) is 13.2 Å². The largest absolute Gasteiger partial charge is 0.480 e. The van der Waals surface area contributed by atoms with Crippen LogP contribution >= 0.6 is 22.9 Å². The number of hydrogen-bond donors (Lipinski definition) is 1. The third-order valence-electron chi connectivity index (χ3n) is 1.83. The van der Waals surface area contributed by atoms with E-state index in [9.17, 15) is 22.8 Å². The third-order valence-corrected chi connectivity index (χ3v) is 3.05. The SMILES string of the molecule is O=C(O)CN(Cc1ccc(Cl)s1)C(=O)C(F)(F)F. The minimum Gasteiger partial charge on any atom is -0.480 e. The topological polar surface area (TPSA) is 57.6 Å². The van der Waals surface area contributed by atoms with Gasteiger partial charge in [-0.1, -0.05) is 11.6 Å². The molecule has 18 heavy (non-hydrogen) atoms. The second kappa shape index (κ2) is 5.57. The maximum Gasteiger partial charge on any atom is 0.471 e. The van der Waals surface area contributed by atoms with Crippen molar-refractivity contribution in [2.45, 2.75) is 12.7 Å². The van der Waals surface area contributed by atoms with Crippen molar-refractivity contribution in [3.63, 3.8) is 0 Å². The first-order chi connectivity index (χ1) is 8.20. The number of carbonyl (C=O) groups excluding carboxylic acids is 1. The Balaban J connectivity index is 2.85. The molecule has 1 N–H and O–H groups in total. The van der Waals surface area contributed by atoms with Crippen LogP contribution in [0.3, 0.4) is 0 Å². The first-order valence-electron chi connectivity index (χ1n) is 4.52. The second-order valence-electron chi connectivity index (χ2n) is 3.26. The maximum absolute atomic E-state index is 12.3. The van der Waals surface area contributed by atoms with Gasteiger partial charge in [0.1, 0.15) is 6.54 Å². The Morgan fingerprint density at radius 3 is 2.39 bits per heavy atom. The molecule has 1 aromatic heterocycles. The number of alkyl halides is 3. The van der Waals surface area contributed by atoms with E-state index in [1.165, 1.54) is 12.1 Å². The van der Waals surface area contributed by atoms with Crippen LogP contribution in [-0.2, 0) is 16.1 Å². The molecule has 0 aliphatic carbocycles. The van der Waals surface area contributed by atoms with Crippen LogP contribution in [0, 0.1) is 0 Å². The summed E-state index contributed by atoms with van der Waals surface area (Å²) in [5, 5.41) is 8.50. The summed E-state index contributed by atoms with van der Waals surface area (Å²) in [6.45, 7) is -1.46. The average molecular weight is 302 g/mol. The zero-order valence-corrected chi connectivity index (χ0v) is 10.3.